The standard InChI is InChI=1S/C15H24N2/c1-3-4-5-6-7-12-15(17-16)14-11-9-8-10-13(14)2/h3,8-11,15,17H,1,4-7,12,16H2,2H3. The second-order valence-electron chi connectivity index (χ2n) is 4.50. The van der Waals surface area contributed by atoms with Crippen LogP contribution in [-0.4, -0.2) is 0 Å². The van der Waals surface area contributed by atoms with E-state index >= 15 is 0 Å². The van der Waals surface area contributed by atoms with Gasteiger partial charge in [-0.1, -0.05) is 43.2 Å². The number of hydrogen-bond donors (Lipinski definition) is 2. The molecule has 2 nitrogen and oxygen atoms in total. The van der Waals surface area contributed by atoms with Crippen LogP contribution >= 0.6 is 0 Å². The maximum absolute atomic E-state index is 5.65. The van der Waals surface area contributed by atoms with E-state index in [9.17, 15) is 0 Å². The minimum Gasteiger partial charge on any atom is -0.271 e. The molecule has 0 aliphatic heterocycles. The summed E-state index contributed by atoms with van der Waals surface area (Å²) in [4.78, 5) is 0. The van der Waals surface area contributed by atoms with E-state index in [0.717, 1.165) is 12.8 Å². The van der Waals surface area contributed by atoms with E-state index in [2.05, 4.69) is 43.2 Å². The SMILES string of the molecule is C=CCCCCCC(NN)c1ccccc1C. The largest absolute Gasteiger partial charge is 0.271 e. The van der Waals surface area contributed by atoms with Gasteiger partial charge in [-0.2, -0.15) is 0 Å². The van der Waals surface area contributed by atoms with Gasteiger partial charge in [0.25, 0.3) is 0 Å². The quantitative estimate of drug-likeness (QED) is 0.311. The topological polar surface area (TPSA) is 38.0 Å². The van der Waals surface area contributed by atoms with Gasteiger partial charge in [0, 0.05) is 6.04 Å². The van der Waals surface area contributed by atoms with Crippen molar-refractivity contribution in [3.63, 3.8) is 0 Å². The van der Waals surface area contributed by atoms with Crippen LogP contribution in [0.25, 0.3) is 0 Å². The molecule has 1 rings (SSSR count). The van der Waals surface area contributed by atoms with Gasteiger partial charge in [-0.25, -0.2) is 0 Å². The first-order valence-corrected chi connectivity index (χ1v) is 6.42. The van der Waals surface area contributed by atoms with Crippen LogP contribution in [-0.2, 0) is 0 Å². The van der Waals surface area contributed by atoms with Gasteiger partial charge >= 0.3 is 0 Å². The summed E-state index contributed by atoms with van der Waals surface area (Å²) < 4.78 is 0. The summed E-state index contributed by atoms with van der Waals surface area (Å²) in [6.45, 7) is 5.87. The second-order valence-corrected chi connectivity index (χ2v) is 4.50. The Morgan fingerprint density at radius 3 is 2.71 bits per heavy atom. The van der Waals surface area contributed by atoms with Gasteiger partial charge in [0.05, 0.1) is 0 Å². The zero-order valence-electron chi connectivity index (χ0n) is 10.8. The molecule has 0 aliphatic carbocycles. The van der Waals surface area contributed by atoms with Crippen LogP contribution in [0.2, 0.25) is 0 Å². The van der Waals surface area contributed by atoms with Crippen molar-refractivity contribution in [3.8, 4) is 0 Å². The molecule has 0 saturated carbocycles. The molecule has 0 radical (unpaired) electrons. The number of hydrazine groups is 1. The first-order valence-electron chi connectivity index (χ1n) is 6.42. The van der Waals surface area contributed by atoms with Crippen LogP contribution < -0.4 is 11.3 Å². The number of allylic oxidation sites excluding steroid dienone is 1. The maximum Gasteiger partial charge on any atom is 0.0462 e. The zero-order chi connectivity index (χ0) is 12.5. The Balaban J connectivity index is 2.43. The van der Waals surface area contributed by atoms with E-state index in [4.69, 9.17) is 5.84 Å². The normalized spacial score (nSPS) is 12.4. The average molecular weight is 232 g/mol. The lowest BCUT2D eigenvalue weighted by Gasteiger charge is -2.18. The molecule has 0 aliphatic rings. The maximum atomic E-state index is 5.65. The summed E-state index contributed by atoms with van der Waals surface area (Å²) in [5.74, 6) is 5.65. The van der Waals surface area contributed by atoms with Crippen LogP contribution in [0.15, 0.2) is 36.9 Å². The van der Waals surface area contributed by atoms with Crippen molar-refractivity contribution in [2.45, 2.75) is 45.1 Å². The monoisotopic (exact) mass is 232 g/mol. The Morgan fingerprint density at radius 1 is 1.29 bits per heavy atom. The van der Waals surface area contributed by atoms with Crippen LogP contribution in [0.4, 0.5) is 0 Å². The van der Waals surface area contributed by atoms with Gasteiger partial charge in [0.15, 0.2) is 0 Å². The number of aryl methyl sites for hydroxylation is 1. The predicted octanol–water partition coefficient (Wildman–Crippen LogP) is 3.64. The lowest BCUT2D eigenvalue weighted by molar-refractivity contribution is 0.482. The van der Waals surface area contributed by atoms with E-state index in [1.54, 1.807) is 0 Å². The van der Waals surface area contributed by atoms with E-state index < -0.39 is 0 Å². The van der Waals surface area contributed by atoms with Gasteiger partial charge < -0.3 is 0 Å². The van der Waals surface area contributed by atoms with E-state index in [0.29, 0.717) is 0 Å². The Bertz CT molecular complexity index is 333. The van der Waals surface area contributed by atoms with Crippen molar-refractivity contribution in [1.29, 1.82) is 0 Å². The van der Waals surface area contributed by atoms with Gasteiger partial charge in [-0.3, -0.25) is 11.3 Å². The fraction of sp³-hybridized carbons (Fsp3) is 0.467. The molecule has 1 aromatic rings. The molecule has 0 spiro atoms. The first-order chi connectivity index (χ1) is 8.29. The summed E-state index contributed by atoms with van der Waals surface area (Å²) in [6.07, 6.45) is 7.88. The average Bonchev–Trinajstić information content (AvgIpc) is 2.35. The van der Waals surface area contributed by atoms with Crippen molar-refractivity contribution >= 4 is 0 Å². The molecule has 0 aromatic heterocycles. The molecule has 3 N–H and O–H groups in total. The number of nitrogens with two attached hydrogens (primary N) is 1. The van der Waals surface area contributed by atoms with Gasteiger partial charge in [-0.15, -0.1) is 6.58 Å². The molecule has 1 atom stereocenters. The number of rotatable bonds is 8. The fourth-order valence-electron chi connectivity index (χ4n) is 2.12. The van der Waals surface area contributed by atoms with Crippen molar-refractivity contribution in [3.05, 3.63) is 48.0 Å². The molecular weight excluding hydrogens is 208 g/mol. The summed E-state index contributed by atoms with van der Waals surface area (Å²) >= 11 is 0. The van der Waals surface area contributed by atoms with Crippen molar-refractivity contribution < 1.29 is 0 Å². The van der Waals surface area contributed by atoms with E-state index in [-0.39, 0.29) is 6.04 Å². The van der Waals surface area contributed by atoms with Gasteiger partial charge in [0.2, 0.25) is 0 Å². The highest BCUT2D eigenvalue weighted by Gasteiger charge is 2.10. The molecule has 0 heterocycles. The molecule has 0 amide bonds. The molecule has 17 heavy (non-hydrogen) atoms. The summed E-state index contributed by atoms with van der Waals surface area (Å²) in [7, 11) is 0. The minimum atomic E-state index is 0.278. The number of benzene rings is 1. The summed E-state index contributed by atoms with van der Waals surface area (Å²) in [5.41, 5.74) is 5.56. The van der Waals surface area contributed by atoms with E-state index in [1.165, 1.54) is 30.4 Å². The highest BCUT2D eigenvalue weighted by Crippen LogP contribution is 2.22. The Labute approximate surface area is 105 Å². The fourth-order valence-corrected chi connectivity index (χ4v) is 2.12. The molecule has 0 saturated heterocycles. The van der Waals surface area contributed by atoms with E-state index in [1.807, 2.05) is 6.08 Å². The smallest absolute Gasteiger partial charge is 0.0462 e. The molecule has 0 bridgehead atoms. The molecule has 2 heteroatoms. The van der Waals surface area contributed by atoms with Crippen LogP contribution in [0.1, 0.15) is 49.3 Å². The third kappa shape index (κ3) is 4.72. The minimum absolute atomic E-state index is 0.278. The van der Waals surface area contributed by atoms with Crippen molar-refractivity contribution in [2.24, 2.45) is 5.84 Å². The summed E-state index contributed by atoms with van der Waals surface area (Å²) in [5, 5.41) is 0. The Hall–Kier alpha value is -1.12. The first kappa shape index (κ1) is 13.9. The third-order valence-corrected chi connectivity index (χ3v) is 3.17. The van der Waals surface area contributed by atoms with Crippen LogP contribution in [0.5, 0.6) is 0 Å². The lowest BCUT2D eigenvalue weighted by atomic mass is 9.97. The highest BCUT2D eigenvalue weighted by atomic mass is 15.2. The molecule has 1 unspecified atom stereocenters. The van der Waals surface area contributed by atoms with Gasteiger partial charge in [-0.05, 0) is 37.3 Å². The Kier molecular flexibility index (Phi) is 6.60. The molecule has 94 valence electrons. The van der Waals surface area contributed by atoms with Gasteiger partial charge in [0.1, 0.15) is 0 Å². The predicted molar refractivity (Wildman–Crippen MR) is 74.5 cm³/mol. The Morgan fingerprint density at radius 2 is 2.06 bits per heavy atom. The second kappa shape index (κ2) is 8.04. The van der Waals surface area contributed by atoms with Crippen molar-refractivity contribution in [1.82, 2.24) is 5.43 Å². The lowest BCUT2D eigenvalue weighted by Crippen LogP contribution is -2.28. The number of unbranched alkanes of at least 4 members (excludes halogenated alkanes) is 3. The molecular formula is C15H24N2. The molecule has 0 fully saturated rings. The summed E-state index contributed by atoms with van der Waals surface area (Å²) in [6, 6.07) is 8.71. The number of nitrogens with one attached hydrogen (secondary N) is 1. The van der Waals surface area contributed by atoms with Crippen LogP contribution in [0.3, 0.4) is 0 Å². The van der Waals surface area contributed by atoms with Crippen molar-refractivity contribution in [2.75, 3.05) is 0 Å². The number of hydrogen-bond acceptors (Lipinski definition) is 2. The van der Waals surface area contributed by atoms with Crippen LogP contribution in [0, 0.1) is 6.92 Å². The molecule has 1 aromatic carbocycles. The zero-order valence-corrected chi connectivity index (χ0v) is 10.8. The highest BCUT2D eigenvalue weighted by molar-refractivity contribution is 5.28. The third-order valence-electron chi connectivity index (χ3n) is 3.17.